The fraction of sp³-hybridized carbons (Fsp3) is 0.950. The standard InChI is InChI=1S/C20H39N3O3/c1-19(2,3)16-14-21-9-12-23(16)17(24)13-15-7-10-22(11-8-15)18(25)26-20(4,5)6/h15-17,21,24H,7-14H2,1-6H3/t16-,17?/m1/s1. The number of hydrogen-bond acceptors (Lipinski definition) is 5. The third-order valence-electron chi connectivity index (χ3n) is 5.48. The highest BCUT2D eigenvalue weighted by atomic mass is 16.6. The molecule has 26 heavy (non-hydrogen) atoms. The van der Waals surface area contributed by atoms with Crippen molar-refractivity contribution in [3.63, 3.8) is 0 Å². The van der Waals surface area contributed by atoms with Gasteiger partial charge in [0.25, 0.3) is 0 Å². The number of nitrogens with one attached hydrogen (secondary N) is 1. The molecule has 2 heterocycles. The van der Waals surface area contributed by atoms with Crippen molar-refractivity contribution in [3.8, 4) is 0 Å². The number of carbonyl (C=O) groups excluding carboxylic acids is 1. The van der Waals surface area contributed by atoms with Gasteiger partial charge in [-0.25, -0.2) is 4.79 Å². The van der Waals surface area contributed by atoms with Gasteiger partial charge in [-0.3, -0.25) is 4.90 Å². The molecule has 6 nitrogen and oxygen atoms in total. The minimum absolute atomic E-state index is 0.133. The Hall–Kier alpha value is -0.850. The number of rotatable bonds is 3. The van der Waals surface area contributed by atoms with Crippen molar-refractivity contribution in [3.05, 3.63) is 0 Å². The van der Waals surface area contributed by atoms with Gasteiger partial charge in [0.1, 0.15) is 11.8 Å². The number of hydrogen-bond donors (Lipinski definition) is 2. The number of carbonyl (C=O) groups is 1. The highest BCUT2D eigenvalue weighted by Crippen LogP contribution is 2.30. The number of piperazine rings is 1. The Kier molecular flexibility index (Phi) is 6.97. The molecule has 2 N–H and O–H groups in total. The second-order valence-electron chi connectivity index (χ2n) is 9.95. The van der Waals surface area contributed by atoms with Crippen molar-refractivity contribution in [1.29, 1.82) is 0 Å². The van der Waals surface area contributed by atoms with Crippen molar-refractivity contribution >= 4 is 6.09 Å². The van der Waals surface area contributed by atoms with Crippen LogP contribution in [0.4, 0.5) is 4.79 Å². The van der Waals surface area contributed by atoms with E-state index in [-0.39, 0.29) is 11.5 Å². The minimum Gasteiger partial charge on any atom is -0.444 e. The number of likely N-dealkylation sites (tertiary alicyclic amines) is 1. The van der Waals surface area contributed by atoms with Gasteiger partial charge in [-0.05, 0) is 51.4 Å². The summed E-state index contributed by atoms with van der Waals surface area (Å²) in [5.74, 6) is 0.458. The van der Waals surface area contributed by atoms with Crippen molar-refractivity contribution in [2.24, 2.45) is 11.3 Å². The number of amides is 1. The lowest BCUT2D eigenvalue weighted by Crippen LogP contribution is -2.60. The highest BCUT2D eigenvalue weighted by Gasteiger charge is 2.37. The smallest absolute Gasteiger partial charge is 0.410 e. The summed E-state index contributed by atoms with van der Waals surface area (Å²) in [5.41, 5.74) is -0.317. The quantitative estimate of drug-likeness (QED) is 0.801. The third kappa shape index (κ3) is 6.10. The van der Waals surface area contributed by atoms with Crippen LogP contribution in [-0.2, 0) is 4.74 Å². The summed E-state index contributed by atoms with van der Waals surface area (Å²) >= 11 is 0. The number of aliphatic hydroxyl groups is 1. The number of piperidine rings is 1. The molecule has 1 amide bonds. The van der Waals surface area contributed by atoms with Gasteiger partial charge in [0.2, 0.25) is 0 Å². The molecular weight excluding hydrogens is 330 g/mol. The minimum atomic E-state index is -0.450. The van der Waals surface area contributed by atoms with Crippen LogP contribution in [0.3, 0.4) is 0 Å². The van der Waals surface area contributed by atoms with Crippen LogP contribution in [0.25, 0.3) is 0 Å². The summed E-state index contributed by atoms with van der Waals surface area (Å²) in [6, 6.07) is 0.341. The first-order valence-electron chi connectivity index (χ1n) is 10.1. The van der Waals surface area contributed by atoms with E-state index >= 15 is 0 Å². The van der Waals surface area contributed by atoms with Gasteiger partial charge in [-0.1, -0.05) is 20.8 Å². The molecule has 0 radical (unpaired) electrons. The summed E-state index contributed by atoms with van der Waals surface area (Å²) in [6.07, 6.45) is 2.03. The molecule has 0 aromatic carbocycles. The van der Waals surface area contributed by atoms with E-state index in [2.05, 4.69) is 31.0 Å². The van der Waals surface area contributed by atoms with E-state index < -0.39 is 11.8 Å². The van der Waals surface area contributed by atoms with Gasteiger partial charge in [0.05, 0.1) is 0 Å². The van der Waals surface area contributed by atoms with E-state index in [0.717, 1.165) is 52.0 Å². The van der Waals surface area contributed by atoms with Crippen LogP contribution < -0.4 is 5.32 Å². The van der Waals surface area contributed by atoms with Gasteiger partial charge < -0.3 is 20.1 Å². The average Bonchev–Trinajstić information content (AvgIpc) is 2.53. The summed E-state index contributed by atoms with van der Waals surface area (Å²) in [7, 11) is 0. The second-order valence-corrected chi connectivity index (χ2v) is 9.95. The van der Waals surface area contributed by atoms with E-state index in [1.54, 1.807) is 4.90 Å². The summed E-state index contributed by atoms with van der Waals surface area (Å²) in [6.45, 7) is 16.6. The Bertz CT molecular complexity index is 462. The van der Waals surface area contributed by atoms with Gasteiger partial charge in [-0.2, -0.15) is 0 Å². The summed E-state index contributed by atoms with van der Waals surface area (Å²) < 4.78 is 5.46. The Balaban J connectivity index is 1.83. The molecule has 2 atom stereocenters. The zero-order valence-electron chi connectivity index (χ0n) is 17.5. The first kappa shape index (κ1) is 21.5. The molecule has 1 unspecified atom stereocenters. The number of ether oxygens (including phenoxy) is 1. The van der Waals surface area contributed by atoms with E-state index in [9.17, 15) is 9.90 Å². The zero-order valence-corrected chi connectivity index (χ0v) is 17.5. The van der Waals surface area contributed by atoms with Crippen LogP contribution in [0.15, 0.2) is 0 Å². The molecule has 2 saturated heterocycles. The lowest BCUT2D eigenvalue weighted by molar-refractivity contribution is -0.0787. The lowest BCUT2D eigenvalue weighted by atomic mass is 9.83. The maximum absolute atomic E-state index is 12.2. The van der Waals surface area contributed by atoms with Crippen LogP contribution in [0, 0.1) is 11.3 Å². The SMILES string of the molecule is CC(C)(C)OC(=O)N1CCC(CC(O)N2CCNC[C@@H]2C(C)(C)C)CC1. The molecule has 2 fully saturated rings. The van der Waals surface area contributed by atoms with Crippen LogP contribution >= 0.6 is 0 Å². The fourth-order valence-corrected chi connectivity index (χ4v) is 3.99. The van der Waals surface area contributed by atoms with Gasteiger partial charge >= 0.3 is 6.09 Å². The summed E-state index contributed by atoms with van der Waals surface area (Å²) in [5, 5.41) is 14.3. The Morgan fingerprint density at radius 2 is 1.77 bits per heavy atom. The van der Waals surface area contributed by atoms with Crippen molar-refractivity contribution in [2.45, 2.75) is 78.7 Å². The predicted molar refractivity (Wildman–Crippen MR) is 104 cm³/mol. The maximum atomic E-state index is 12.2. The number of aliphatic hydroxyl groups excluding tert-OH is 1. The molecule has 0 aromatic heterocycles. The van der Waals surface area contributed by atoms with Crippen LogP contribution in [0.2, 0.25) is 0 Å². The van der Waals surface area contributed by atoms with Gasteiger partial charge in [0.15, 0.2) is 0 Å². The Morgan fingerprint density at radius 3 is 2.31 bits per heavy atom. The molecule has 2 aliphatic rings. The van der Waals surface area contributed by atoms with Crippen LogP contribution in [0.5, 0.6) is 0 Å². The predicted octanol–water partition coefficient (Wildman–Crippen LogP) is 2.66. The molecule has 6 heteroatoms. The Morgan fingerprint density at radius 1 is 1.15 bits per heavy atom. The molecular formula is C20H39N3O3. The first-order valence-corrected chi connectivity index (χ1v) is 10.1. The van der Waals surface area contributed by atoms with E-state index in [1.165, 1.54) is 0 Å². The molecule has 0 spiro atoms. The van der Waals surface area contributed by atoms with Gasteiger partial charge in [0, 0.05) is 38.8 Å². The fourth-order valence-electron chi connectivity index (χ4n) is 3.99. The topological polar surface area (TPSA) is 65.0 Å². The first-order chi connectivity index (χ1) is 12.0. The molecule has 0 saturated carbocycles. The normalized spacial score (nSPS) is 25.2. The second kappa shape index (κ2) is 8.44. The van der Waals surface area contributed by atoms with Crippen molar-refractivity contribution in [2.75, 3.05) is 32.7 Å². The zero-order chi connectivity index (χ0) is 19.5. The van der Waals surface area contributed by atoms with Gasteiger partial charge in [-0.15, -0.1) is 0 Å². The van der Waals surface area contributed by atoms with E-state index in [1.807, 2.05) is 20.8 Å². The molecule has 0 bridgehead atoms. The largest absolute Gasteiger partial charge is 0.444 e. The highest BCUT2D eigenvalue weighted by molar-refractivity contribution is 5.68. The molecule has 0 aromatic rings. The van der Waals surface area contributed by atoms with Crippen LogP contribution in [-0.4, -0.2) is 71.6 Å². The lowest BCUT2D eigenvalue weighted by Gasteiger charge is -2.46. The molecule has 152 valence electrons. The van der Waals surface area contributed by atoms with E-state index in [0.29, 0.717) is 12.0 Å². The van der Waals surface area contributed by atoms with Crippen LogP contribution in [0.1, 0.15) is 60.8 Å². The molecule has 0 aliphatic carbocycles. The van der Waals surface area contributed by atoms with Crippen molar-refractivity contribution in [1.82, 2.24) is 15.1 Å². The molecule has 2 rings (SSSR count). The Labute approximate surface area is 159 Å². The number of nitrogens with zero attached hydrogens (tertiary/aromatic N) is 2. The molecule has 2 aliphatic heterocycles. The maximum Gasteiger partial charge on any atom is 0.410 e. The monoisotopic (exact) mass is 369 g/mol. The summed E-state index contributed by atoms with van der Waals surface area (Å²) in [4.78, 5) is 16.3. The van der Waals surface area contributed by atoms with E-state index in [4.69, 9.17) is 4.74 Å². The average molecular weight is 370 g/mol. The van der Waals surface area contributed by atoms with Crippen molar-refractivity contribution < 1.29 is 14.6 Å². The third-order valence-corrected chi connectivity index (χ3v) is 5.48.